The van der Waals surface area contributed by atoms with Gasteiger partial charge in [-0.25, -0.2) is 0 Å². The number of nitrogens with zero attached hydrogens (tertiary/aromatic N) is 1. The highest BCUT2D eigenvalue weighted by Gasteiger charge is 2.28. The average Bonchev–Trinajstić information content (AvgIpc) is 2.30. The highest BCUT2D eigenvalue weighted by atomic mass is 16.2. The predicted octanol–water partition coefficient (Wildman–Crippen LogP) is 1.78. The quantitative estimate of drug-likeness (QED) is 0.817. The molecule has 0 aromatic carbocycles. The molecule has 0 fully saturated rings. The van der Waals surface area contributed by atoms with E-state index in [1.165, 1.54) is 0 Å². The Hall–Kier alpha value is -1.42. The number of aromatic nitrogens is 1. The van der Waals surface area contributed by atoms with Crippen molar-refractivity contribution in [1.82, 2.24) is 10.3 Å². The van der Waals surface area contributed by atoms with Gasteiger partial charge in [0.1, 0.15) is 0 Å². The fraction of sp³-hybridized carbons (Fsp3) is 0.538. The number of hydrogen-bond donors (Lipinski definition) is 2. The standard InChI is InChI=1S/C13H21N3O/c1-4-8-13(3,14)12(17)16-10(2)11-7-5-6-9-15-11/h5-7,9-10H,4,8,14H2,1-3H3,(H,16,17). The van der Waals surface area contributed by atoms with E-state index < -0.39 is 5.54 Å². The van der Waals surface area contributed by atoms with Crippen LogP contribution in [0.4, 0.5) is 0 Å². The van der Waals surface area contributed by atoms with Gasteiger partial charge in [-0.2, -0.15) is 0 Å². The first-order valence-electron chi connectivity index (χ1n) is 5.98. The number of carbonyl (C=O) groups excluding carboxylic acids is 1. The summed E-state index contributed by atoms with van der Waals surface area (Å²) in [6.45, 7) is 5.68. The molecule has 0 aliphatic carbocycles. The van der Waals surface area contributed by atoms with Crippen LogP contribution < -0.4 is 11.1 Å². The summed E-state index contributed by atoms with van der Waals surface area (Å²) in [4.78, 5) is 16.2. The predicted molar refractivity (Wildman–Crippen MR) is 68.3 cm³/mol. The highest BCUT2D eigenvalue weighted by molar-refractivity contribution is 5.85. The highest BCUT2D eigenvalue weighted by Crippen LogP contribution is 2.13. The molecule has 2 atom stereocenters. The van der Waals surface area contributed by atoms with E-state index in [2.05, 4.69) is 10.3 Å². The third-order valence-electron chi connectivity index (χ3n) is 2.77. The second-order valence-corrected chi connectivity index (χ2v) is 4.62. The van der Waals surface area contributed by atoms with Gasteiger partial charge in [-0.05, 0) is 32.4 Å². The molecule has 4 nitrogen and oxygen atoms in total. The second-order valence-electron chi connectivity index (χ2n) is 4.62. The molecule has 1 aromatic heterocycles. The maximum atomic E-state index is 12.0. The minimum atomic E-state index is -0.808. The maximum Gasteiger partial charge on any atom is 0.240 e. The van der Waals surface area contributed by atoms with Gasteiger partial charge in [-0.3, -0.25) is 9.78 Å². The minimum Gasteiger partial charge on any atom is -0.346 e. The number of pyridine rings is 1. The van der Waals surface area contributed by atoms with Crippen LogP contribution >= 0.6 is 0 Å². The van der Waals surface area contributed by atoms with Crippen LogP contribution in [-0.2, 0) is 4.79 Å². The topological polar surface area (TPSA) is 68.0 Å². The van der Waals surface area contributed by atoms with Crippen LogP contribution in [0.1, 0.15) is 45.3 Å². The van der Waals surface area contributed by atoms with Crippen LogP contribution in [0.2, 0.25) is 0 Å². The summed E-state index contributed by atoms with van der Waals surface area (Å²) in [5.74, 6) is -0.127. The van der Waals surface area contributed by atoms with E-state index in [0.717, 1.165) is 12.1 Å². The van der Waals surface area contributed by atoms with Gasteiger partial charge < -0.3 is 11.1 Å². The number of hydrogen-bond acceptors (Lipinski definition) is 3. The SMILES string of the molecule is CCCC(C)(N)C(=O)NC(C)c1ccccn1. The van der Waals surface area contributed by atoms with Crippen molar-refractivity contribution in [2.24, 2.45) is 5.73 Å². The van der Waals surface area contributed by atoms with Gasteiger partial charge in [-0.1, -0.05) is 19.4 Å². The van der Waals surface area contributed by atoms with Crippen molar-refractivity contribution in [3.63, 3.8) is 0 Å². The number of amides is 1. The van der Waals surface area contributed by atoms with E-state index in [1.54, 1.807) is 13.1 Å². The first-order valence-corrected chi connectivity index (χ1v) is 5.98. The molecule has 1 rings (SSSR count). The van der Waals surface area contributed by atoms with E-state index in [-0.39, 0.29) is 11.9 Å². The molecule has 4 heteroatoms. The minimum absolute atomic E-state index is 0.122. The Morgan fingerprint density at radius 1 is 1.59 bits per heavy atom. The van der Waals surface area contributed by atoms with Gasteiger partial charge in [0.15, 0.2) is 0 Å². The third kappa shape index (κ3) is 3.82. The second kappa shape index (κ2) is 5.77. The Kier molecular flexibility index (Phi) is 4.63. The van der Waals surface area contributed by atoms with E-state index in [4.69, 9.17) is 5.73 Å². The molecule has 0 aliphatic heterocycles. The molecule has 1 heterocycles. The van der Waals surface area contributed by atoms with Crippen molar-refractivity contribution >= 4 is 5.91 Å². The summed E-state index contributed by atoms with van der Waals surface area (Å²) < 4.78 is 0. The number of rotatable bonds is 5. The normalized spacial score (nSPS) is 16.0. The van der Waals surface area contributed by atoms with Crippen LogP contribution in [0.3, 0.4) is 0 Å². The molecule has 0 spiro atoms. The molecular formula is C13H21N3O. The zero-order valence-corrected chi connectivity index (χ0v) is 10.7. The Morgan fingerprint density at radius 2 is 2.29 bits per heavy atom. The van der Waals surface area contributed by atoms with E-state index in [9.17, 15) is 4.79 Å². The lowest BCUT2D eigenvalue weighted by Crippen LogP contribution is -2.52. The number of carbonyl (C=O) groups is 1. The Balaban J connectivity index is 2.63. The van der Waals surface area contributed by atoms with Crippen molar-refractivity contribution in [2.75, 3.05) is 0 Å². The van der Waals surface area contributed by atoms with Crippen molar-refractivity contribution in [3.05, 3.63) is 30.1 Å². The maximum absolute atomic E-state index is 12.0. The van der Waals surface area contributed by atoms with Crippen molar-refractivity contribution < 1.29 is 4.79 Å². The zero-order valence-electron chi connectivity index (χ0n) is 10.7. The molecule has 2 unspecified atom stereocenters. The van der Waals surface area contributed by atoms with E-state index in [1.807, 2.05) is 32.0 Å². The summed E-state index contributed by atoms with van der Waals surface area (Å²) in [5.41, 5.74) is 6.00. The Morgan fingerprint density at radius 3 is 2.82 bits per heavy atom. The molecule has 0 aliphatic rings. The van der Waals surface area contributed by atoms with Crippen LogP contribution in [-0.4, -0.2) is 16.4 Å². The van der Waals surface area contributed by atoms with Crippen LogP contribution in [0.25, 0.3) is 0 Å². The fourth-order valence-electron chi connectivity index (χ4n) is 1.70. The van der Waals surface area contributed by atoms with Crippen molar-refractivity contribution in [3.8, 4) is 0 Å². The van der Waals surface area contributed by atoms with Crippen LogP contribution in [0, 0.1) is 0 Å². The summed E-state index contributed by atoms with van der Waals surface area (Å²) in [7, 11) is 0. The monoisotopic (exact) mass is 235 g/mol. The molecule has 0 saturated carbocycles. The van der Waals surface area contributed by atoms with Crippen molar-refractivity contribution in [1.29, 1.82) is 0 Å². The molecule has 3 N–H and O–H groups in total. The Labute approximate surface area is 103 Å². The largest absolute Gasteiger partial charge is 0.346 e. The van der Waals surface area contributed by atoms with Gasteiger partial charge in [0.2, 0.25) is 5.91 Å². The van der Waals surface area contributed by atoms with Crippen LogP contribution in [0.15, 0.2) is 24.4 Å². The zero-order chi connectivity index (χ0) is 12.9. The lowest BCUT2D eigenvalue weighted by Gasteiger charge is -2.25. The number of nitrogens with one attached hydrogen (secondary N) is 1. The van der Waals surface area contributed by atoms with Gasteiger partial charge in [0, 0.05) is 6.20 Å². The third-order valence-corrected chi connectivity index (χ3v) is 2.77. The average molecular weight is 235 g/mol. The fourth-order valence-corrected chi connectivity index (χ4v) is 1.70. The van der Waals surface area contributed by atoms with E-state index in [0.29, 0.717) is 6.42 Å². The summed E-state index contributed by atoms with van der Waals surface area (Å²) in [5, 5.41) is 2.89. The molecule has 17 heavy (non-hydrogen) atoms. The summed E-state index contributed by atoms with van der Waals surface area (Å²) >= 11 is 0. The lowest BCUT2D eigenvalue weighted by molar-refractivity contribution is -0.126. The molecular weight excluding hydrogens is 214 g/mol. The smallest absolute Gasteiger partial charge is 0.240 e. The summed E-state index contributed by atoms with van der Waals surface area (Å²) in [6, 6.07) is 5.52. The van der Waals surface area contributed by atoms with E-state index >= 15 is 0 Å². The van der Waals surface area contributed by atoms with Gasteiger partial charge >= 0.3 is 0 Å². The van der Waals surface area contributed by atoms with Crippen LogP contribution in [0.5, 0.6) is 0 Å². The Bertz CT molecular complexity index is 362. The molecule has 94 valence electrons. The van der Waals surface area contributed by atoms with Gasteiger partial charge in [-0.15, -0.1) is 0 Å². The van der Waals surface area contributed by atoms with Crippen molar-refractivity contribution in [2.45, 2.75) is 45.2 Å². The first-order chi connectivity index (χ1) is 7.97. The van der Waals surface area contributed by atoms with Gasteiger partial charge in [0.25, 0.3) is 0 Å². The molecule has 0 bridgehead atoms. The molecule has 1 amide bonds. The number of nitrogens with two attached hydrogens (primary N) is 1. The molecule has 1 aromatic rings. The molecule has 0 saturated heterocycles. The lowest BCUT2D eigenvalue weighted by atomic mass is 9.96. The van der Waals surface area contributed by atoms with Gasteiger partial charge in [0.05, 0.1) is 17.3 Å². The molecule has 0 radical (unpaired) electrons. The first kappa shape index (κ1) is 13.6. The summed E-state index contributed by atoms with van der Waals surface area (Å²) in [6.07, 6.45) is 3.28.